The molecule has 2 aromatic heterocycles. The summed E-state index contributed by atoms with van der Waals surface area (Å²) in [6, 6.07) is 5.82. The number of benzene rings is 1. The molecule has 1 saturated heterocycles. The van der Waals surface area contributed by atoms with Crippen LogP contribution in [0.4, 0.5) is 15.2 Å². The first-order valence-corrected chi connectivity index (χ1v) is 11.7. The number of thiazole rings is 1. The van der Waals surface area contributed by atoms with E-state index in [0.717, 1.165) is 25.8 Å². The van der Waals surface area contributed by atoms with Crippen molar-refractivity contribution in [3.63, 3.8) is 0 Å². The molecule has 0 spiro atoms. The van der Waals surface area contributed by atoms with Crippen LogP contribution in [-0.2, 0) is 16.1 Å². The molecule has 11 heteroatoms. The molecular weight excluding hydrogens is 447 g/mol. The van der Waals surface area contributed by atoms with Crippen molar-refractivity contribution >= 4 is 44.3 Å². The second-order valence-electron chi connectivity index (χ2n) is 7.93. The van der Waals surface area contributed by atoms with Gasteiger partial charge >= 0.3 is 0 Å². The summed E-state index contributed by atoms with van der Waals surface area (Å²) in [4.78, 5) is 48.4. The number of piperidine rings is 1. The molecule has 3 heterocycles. The highest BCUT2D eigenvalue weighted by molar-refractivity contribution is 7.22. The van der Waals surface area contributed by atoms with Gasteiger partial charge in [0.25, 0.3) is 5.56 Å². The molecule has 1 aliphatic heterocycles. The number of para-hydroxylation sites is 1. The molecule has 174 valence electrons. The van der Waals surface area contributed by atoms with Crippen LogP contribution in [0.1, 0.15) is 26.2 Å². The quantitative estimate of drug-likeness (QED) is 0.547. The number of hydrogen-bond acceptors (Lipinski definition) is 7. The van der Waals surface area contributed by atoms with Crippen LogP contribution in [-0.4, -0.2) is 46.0 Å². The largest absolute Gasteiger partial charge is 0.356 e. The van der Waals surface area contributed by atoms with Crippen LogP contribution in [0.2, 0.25) is 0 Å². The molecule has 0 unspecified atom stereocenters. The SMILES string of the molecule is CCCNC(=O)[C@@H]1CCCN(c2nc3ncn(CC(=O)Nc4ccccc4F)c(=O)c3s2)C1. The Hall–Kier alpha value is -3.34. The van der Waals surface area contributed by atoms with Gasteiger partial charge in [0, 0.05) is 19.6 Å². The summed E-state index contributed by atoms with van der Waals surface area (Å²) < 4.78 is 15.3. The van der Waals surface area contributed by atoms with E-state index >= 15 is 0 Å². The second-order valence-corrected chi connectivity index (χ2v) is 8.91. The van der Waals surface area contributed by atoms with E-state index in [1.165, 1.54) is 40.4 Å². The minimum Gasteiger partial charge on any atom is -0.356 e. The number of nitrogens with zero attached hydrogens (tertiary/aromatic N) is 4. The van der Waals surface area contributed by atoms with Crippen LogP contribution in [0.3, 0.4) is 0 Å². The number of rotatable bonds is 7. The molecule has 9 nitrogen and oxygen atoms in total. The Balaban J connectivity index is 1.49. The van der Waals surface area contributed by atoms with Crippen LogP contribution in [0.25, 0.3) is 10.3 Å². The van der Waals surface area contributed by atoms with Gasteiger partial charge in [0.1, 0.15) is 23.4 Å². The lowest BCUT2D eigenvalue weighted by Crippen LogP contribution is -2.43. The third-order valence-electron chi connectivity index (χ3n) is 5.45. The Labute approximate surface area is 193 Å². The van der Waals surface area contributed by atoms with Crippen LogP contribution in [0, 0.1) is 11.7 Å². The average molecular weight is 473 g/mol. The van der Waals surface area contributed by atoms with Gasteiger partial charge in [-0.15, -0.1) is 0 Å². The van der Waals surface area contributed by atoms with E-state index in [1.54, 1.807) is 6.07 Å². The number of halogens is 1. The zero-order valence-corrected chi connectivity index (χ0v) is 19.0. The van der Waals surface area contributed by atoms with Gasteiger partial charge in [0.2, 0.25) is 11.8 Å². The lowest BCUT2D eigenvalue weighted by Gasteiger charge is -2.31. The predicted molar refractivity (Wildman–Crippen MR) is 125 cm³/mol. The molecule has 0 bridgehead atoms. The topological polar surface area (TPSA) is 109 Å². The summed E-state index contributed by atoms with van der Waals surface area (Å²) in [6.07, 6.45) is 3.83. The monoisotopic (exact) mass is 472 g/mol. The fourth-order valence-corrected chi connectivity index (χ4v) is 4.75. The lowest BCUT2D eigenvalue weighted by atomic mass is 9.97. The Morgan fingerprint density at radius 1 is 1.30 bits per heavy atom. The molecular formula is C22H25FN6O3S. The Morgan fingerprint density at radius 3 is 2.91 bits per heavy atom. The zero-order valence-electron chi connectivity index (χ0n) is 18.2. The van der Waals surface area contributed by atoms with Crippen molar-refractivity contribution in [1.29, 1.82) is 0 Å². The molecule has 1 aliphatic rings. The normalized spacial score (nSPS) is 16.1. The number of aromatic nitrogens is 3. The average Bonchev–Trinajstić information content (AvgIpc) is 3.26. The summed E-state index contributed by atoms with van der Waals surface area (Å²) in [6.45, 7) is 3.65. The van der Waals surface area contributed by atoms with Gasteiger partial charge in [-0.05, 0) is 31.4 Å². The van der Waals surface area contributed by atoms with E-state index in [-0.39, 0.29) is 29.6 Å². The minimum atomic E-state index is -0.554. The van der Waals surface area contributed by atoms with E-state index in [4.69, 9.17) is 0 Å². The third-order valence-corrected chi connectivity index (χ3v) is 6.54. The lowest BCUT2D eigenvalue weighted by molar-refractivity contribution is -0.125. The first-order valence-electron chi connectivity index (χ1n) is 10.9. The highest BCUT2D eigenvalue weighted by atomic mass is 32.1. The summed E-state index contributed by atoms with van der Waals surface area (Å²) in [7, 11) is 0. The van der Waals surface area contributed by atoms with Gasteiger partial charge in [-0.3, -0.25) is 19.0 Å². The van der Waals surface area contributed by atoms with Crippen molar-refractivity contribution in [2.45, 2.75) is 32.7 Å². The highest BCUT2D eigenvalue weighted by Crippen LogP contribution is 2.29. The fraction of sp³-hybridized carbons (Fsp3) is 0.409. The number of hydrogen-bond donors (Lipinski definition) is 2. The minimum absolute atomic E-state index is 0.0454. The molecule has 0 saturated carbocycles. The molecule has 33 heavy (non-hydrogen) atoms. The molecule has 0 aliphatic carbocycles. The second kappa shape index (κ2) is 10.1. The maximum Gasteiger partial charge on any atom is 0.273 e. The van der Waals surface area contributed by atoms with Crippen molar-refractivity contribution in [1.82, 2.24) is 19.9 Å². The smallest absolute Gasteiger partial charge is 0.273 e. The standard InChI is InChI=1S/C22H25FN6O3S/c1-2-9-24-20(31)14-6-5-10-28(11-14)22-27-19-18(33-22)21(32)29(13-25-19)12-17(30)26-16-8-4-3-7-15(16)23/h3-4,7-8,13-14H,2,5-6,9-12H2,1H3,(H,24,31)(H,26,30)/t14-/m1/s1. The molecule has 1 fully saturated rings. The summed E-state index contributed by atoms with van der Waals surface area (Å²) >= 11 is 1.21. The highest BCUT2D eigenvalue weighted by Gasteiger charge is 2.27. The molecule has 4 rings (SSSR count). The third kappa shape index (κ3) is 5.19. The summed E-state index contributed by atoms with van der Waals surface area (Å²) in [5, 5.41) is 6.04. The maximum absolute atomic E-state index is 13.8. The number of nitrogens with one attached hydrogen (secondary N) is 2. The van der Waals surface area contributed by atoms with E-state index < -0.39 is 11.7 Å². The van der Waals surface area contributed by atoms with Crippen molar-refractivity contribution < 1.29 is 14.0 Å². The molecule has 1 atom stereocenters. The van der Waals surface area contributed by atoms with Crippen molar-refractivity contribution in [3.8, 4) is 0 Å². The number of amides is 2. The van der Waals surface area contributed by atoms with Crippen molar-refractivity contribution in [2.24, 2.45) is 5.92 Å². The van der Waals surface area contributed by atoms with Crippen molar-refractivity contribution in [2.75, 3.05) is 29.9 Å². The Bertz CT molecular complexity index is 1230. The van der Waals surface area contributed by atoms with E-state index in [9.17, 15) is 18.8 Å². The molecule has 2 N–H and O–H groups in total. The molecule has 2 amide bonds. The number of carbonyl (C=O) groups excluding carboxylic acids is 2. The first kappa shape index (κ1) is 22.8. The van der Waals surface area contributed by atoms with Gasteiger partial charge < -0.3 is 15.5 Å². The van der Waals surface area contributed by atoms with Gasteiger partial charge in [-0.2, -0.15) is 4.98 Å². The predicted octanol–water partition coefficient (Wildman–Crippen LogP) is 2.37. The first-order chi connectivity index (χ1) is 16.0. The molecule has 0 radical (unpaired) electrons. The van der Waals surface area contributed by atoms with Gasteiger partial charge in [-0.25, -0.2) is 9.37 Å². The van der Waals surface area contributed by atoms with Crippen LogP contribution >= 0.6 is 11.3 Å². The summed E-state index contributed by atoms with van der Waals surface area (Å²) in [5.74, 6) is -1.17. The van der Waals surface area contributed by atoms with E-state index in [1.807, 2.05) is 11.8 Å². The zero-order chi connectivity index (χ0) is 23.4. The number of fused-ring (bicyclic) bond motifs is 1. The van der Waals surface area contributed by atoms with Gasteiger partial charge in [0.15, 0.2) is 10.8 Å². The maximum atomic E-state index is 13.8. The Kier molecular flexibility index (Phi) is 6.97. The van der Waals surface area contributed by atoms with Crippen LogP contribution < -0.4 is 21.1 Å². The molecule has 1 aromatic carbocycles. The van der Waals surface area contributed by atoms with Crippen LogP contribution in [0.5, 0.6) is 0 Å². The van der Waals surface area contributed by atoms with E-state index in [0.29, 0.717) is 28.6 Å². The summed E-state index contributed by atoms with van der Waals surface area (Å²) in [5.41, 5.74) is -0.0303. The number of anilines is 2. The van der Waals surface area contributed by atoms with Gasteiger partial charge in [-0.1, -0.05) is 30.4 Å². The van der Waals surface area contributed by atoms with Crippen LogP contribution in [0.15, 0.2) is 35.4 Å². The molecule has 3 aromatic rings. The number of carbonyl (C=O) groups is 2. The van der Waals surface area contributed by atoms with Crippen molar-refractivity contribution in [3.05, 3.63) is 46.8 Å². The van der Waals surface area contributed by atoms with E-state index in [2.05, 4.69) is 20.6 Å². The van der Waals surface area contributed by atoms with Gasteiger partial charge in [0.05, 0.1) is 11.6 Å². The Morgan fingerprint density at radius 2 is 2.12 bits per heavy atom. The fourth-order valence-electron chi connectivity index (χ4n) is 3.75.